The summed E-state index contributed by atoms with van der Waals surface area (Å²) in [6.45, 7) is 2.43. The summed E-state index contributed by atoms with van der Waals surface area (Å²) in [5.74, 6) is -0.310. The SMILES string of the molecule is CCC(C(=O)N1CCCCC1C(=O)O)C1=CC(OC)=C(OC)C(OC)C1. The number of likely N-dealkylation sites (tertiary alicyclic amines) is 1. The van der Waals surface area contributed by atoms with Crippen LogP contribution >= 0.6 is 0 Å². The van der Waals surface area contributed by atoms with Gasteiger partial charge in [0.05, 0.1) is 20.1 Å². The molecule has 0 bridgehead atoms. The molecule has 3 atom stereocenters. The molecule has 0 saturated carbocycles. The van der Waals surface area contributed by atoms with Gasteiger partial charge in [-0.05, 0) is 31.8 Å². The van der Waals surface area contributed by atoms with Crippen molar-refractivity contribution in [2.24, 2.45) is 5.92 Å². The zero-order valence-electron chi connectivity index (χ0n) is 16.0. The number of amides is 1. The molecule has 7 heteroatoms. The van der Waals surface area contributed by atoms with Crippen LogP contribution in [-0.4, -0.2) is 61.9 Å². The molecule has 0 aromatic heterocycles. The monoisotopic (exact) mass is 367 g/mol. The molecule has 0 spiro atoms. The average molecular weight is 367 g/mol. The van der Waals surface area contributed by atoms with Gasteiger partial charge < -0.3 is 24.2 Å². The lowest BCUT2D eigenvalue weighted by molar-refractivity contribution is -0.153. The second-order valence-corrected chi connectivity index (χ2v) is 6.63. The third kappa shape index (κ3) is 4.03. The van der Waals surface area contributed by atoms with Crippen LogP contribution in [0, 0.1) is 5.92 Å². The van der Waals surface area contributed by atoms with Gasteiger partial charge in [-0.2, -0.15) is 0 Å². The van der Waals surface area contributed by atoms with Crippen molar-refractivity contribution in [1.29, 1.82) is 0 Å². The van der Waals surface area contributed by atoms with E-state index in [0.717, 1.165) is 18.4 Å². The van der Waals surface area contributed by atoms with Crippen LogP contribution in [0.4, 0.5) is 0 Å². The quantitative estimate of drug-likeness (QED) is 0.743. The number of rotatable bonds is 7. The minimum atomic E-state index is -0.931. The first kappa shape index (κ1) is 20.3. The van der Waals surface area contributed by atoms with Gasteiger partial charge in [0.2, 0.25) is 5.91 Å². The second kappa shape index (κ2) is 9.07. The Morgan fingerprint density at radius 1 is 1.27 bits per heavy atom. The average Bonchev–Trinajstić information content (AvgIpc) is 2.67. The van der Waals surface area contributed by atoms with Crippen molar-refractivity contribution in [1.82, 2.24) is 4.90 Å². The molecule has 2 aliphatic rings. The number of carbonyl (C=O) groups excluding carboxylic acids is 1. The van der Waals surface area contributed by atoms with Crippen molar-refractivity contribution in [2.45, 2.75) is 51.2 Å². The molecule has 1 fully saturated rings. The summed E-state index contributed by atoms with van der Waals surface area (Å²) in [6, 6.07) is -0.736. The second-order valence-electron chi connectivity index (χ2n) is 6.63. The van der Waals surface area contributed by atoms with Crippen LogP contribution in [0.2, 0.25) is 0 Å². The van der Waals surface area contributed by atoms with Crippen LogP contribution in [0.15, 0.2) is 23.2 Å². The lowest BCUT2D eigenvalue weighted by Crippen LogP contribution is -2.50. The summed E-state index contributed by atoms with van der Waals surface area (Å²) in [7, 11) is 4.70. The van der Waals surface area contributed by atoms with E-state index in [9.17, 15) is 14.7 Å². The van der Waals surface area contributed by atoms with Crippen LogP contribution in [0.25, 0.3) is 0 Å². The Balaban J connectivity index is 2.31. The van der Waals surface area contributed by atoms with Gasteiger partial charge in [-0.1, -0.05) is 12.5 Å². The smallest absolute Gasteiger partial charge is 0.326 e. The van der Waals surface area contributed by atoms with Crippen molar-refractivity contribution in [3.63, 3.8) is 0 Å². The molecule has 1 heterocycles. The minimum absolute atomic E-state index is 0.128. The molecule has 0 aromatic rings. The van der Waals surface area contributed by atoms with E-state index in [4.69, 9.17) is 14.2 Å². The fraction of sp³-hybridized carbons (Fsp3) is 0.684. The molecule has 146 valence electrons. The largest absolute Gasteiger partial charge is 0.494 e. The number of carbonyl (C=O) groups is 2. The first-order valence-electron chi connectivity index (χ1n) is 9.07. The Bertz CT molecular complexity index is 597. The maximum Gasteiger partial charge on any atom is 0.326 e. The first-order chi connectivity index (χ1) is 12.5. The number of ether oxygens (including phenoxy) is 3. The lowest BCUT2D eigenvalue weighted by Gasteiger charge is -2.37. The first-order valence-corrected chi connectivity index (χ1v) is 9.07. The normalized spacial score (nSPS) is 24.8. The van der Waals surface area contributed by atoms with Crippen LogP contribution < -0.4 is 0 Å². The third-order valence-electron chi connectivity index (χ3n) is 5.22. The predicted molar refractivity (Wildman–Crippen MR) is 95.3 cm³/mol. The van der Waals surface area contributed by atoms with Gasteiger partial charge in [-0.25, -0.2) is 4.79 Å². The van der Waals surface area contributed by atoms with E-state index < -0.39 is 17.9 Å². The van der Waals surface area contributed by atoms with Gasteiger partial charge in [0.1, 0.15) is 12.1 Å². The zero-order valence-corrected chi connectivity index (χ0v) is 16.0. The molecule has 7 nitrogen and oxygen atoms in total. The van der Waals surface area contributed by atoms with Gasteiger partial charge in [0.15, 0.2) is 11.5 Å². The van der Waals surface area contributed by atoms with E-state index in [2.05, 4.69) is 0 Å². The van der Waals surface area contributed by atoms with Crippen molar-refractivity contribution < 1.29 is 28.9 Å². The number of allylic oxidation sites excluding steroid dienone is 1. The number of piperidine rings is 1. The summed E-state index contributed by atoms with van der Waals surface area (Å²) in [4.78, 5) is 26.3. The van der Waals surface area contributed by atoms with E-state index in [-0.39, 0.29) is 12.0 Å². The summed E-state index contributed by atoms with van der Waals surface area (Å²) < 4.78 is 16.3. The highest BCUT2D eigenvalue weighted by Crippen LogP contribution is 2.34. The van der Waals surface area contributed by atoms with E-state index in [1.54, 1.807) is 21.3 Å². The van der Waals surface area contributed by atoms with Gasteiger partial charge >= 0.3 is 5.97 Å². The van der Waals surface area contributed by atoms with E-state index in [1.807, 2.05) is 13.0 Å². The zero-order chi connectivity index (χ0) is 19.3. The minimum Gasteiger partial charge on any atom is -0.494 e. The number of aliphatic carboxylic acids is 1. The summed E-state index contributed by atoms with van der Waals surface area (Å²) in [5, 5.41) is 9.48. The molecule has 3 unspecified atom stereocenters. The molecular weight excluding hydrogens is 338 g/mol. The highest BCUT2D eigenvalue weighted by atomic mass is 16.5. The van der Waals surface area contributed by atoms with Gasteiger partial charge in [-0.15, -0.1) is 0 Å². The highest BCUT2D eigenvalue weighted by Gasteiger charge is 2.38. The molecule has 2 rings (SSSR count). The van der Waals surface area contributed by atoms with E-state index >= 15 is 0 Å². The number of carboxylic acid groups (broad SMARTS) is 1. The van der Waals surface area contributed by atoms with Crippen LogP contribution in [0.3, 0.4) is 0 Å². The number of nitrogens with zero attached hydrogens (tertiary/aromatic N) is 1. The Morgan fingerprint density at radius 2 is 2.00 bits per heavy atom. The van der Waals surface area contributed by atoms with Crippen LogP contribution in [0.1, 0.15) is 39.0 Å². The molecule has 26 heavy (non-hydrogen) atoms. The third-order valence-corrected chi connectivity index (χ3v) is 5.22. The van der Waals surface area contributed by atoms with Crippen LogP contribution in [0.5, 0.6) is 0 Å². The standard InChI is InChI=1S/C19H29NO6/c1-5-13(18(21)20-9-7-6-8-14(20)19(22)23)12-10-15(24-2)17(26-4)16(11-12)25-3/h10,13-14,16H,5-9,11H2,1-4H3,(H,22,23). The van der Waals surface area contributed by atoms with Gasteiger partial charge in [0, 0.05) is 20.1 Å². The molecule has 1 amide bonds. The Labute approximate surface area is 154 Å². The number of methoxy groups -OCH3 is 3. The fourth-order valence-corrected chi connectivity index (χ4v) is 3.84. The molecule has 1 aliphatic heterocycles. The van der Waals surface area contributed by atoms with Crippen molar-refractivity contribution in [3.05, 3.63) is 23.2 Å². The number of hydrogen-bond donors (Lipinski definition) is 1. The predicted octanol–water partition coefficient (Wildman–Crippen LogP) is 2.33. The molecule has 1 aliphatic carbocycles. The maximum absolute atomic E-state index is 13.2. The fourth-order valence-electron chi connectivity index (χ4n) is 3.84. The maximum atomic E-state index is 13.2. The van der Waals surface area contributed by atoms with Crippen molar-refractivity contribution >= 4 is 11.9 Å². The summed E-state index contributed by atoms with van der Waals surface area (Å²) in [6.07, 6.45) is 4.79. The molecule has 1 saturated heterocycles. The summed E-state index contributed by atoms with van der Waals surface area (Å²) >= 11 is 0. The molecular formula is C19H29NO6. The Kier molecular flexibility index (Phi) is 7.08. The van der Waals surface area contributed by atoms with Crippen LogP contribution in [-0.2, 0) is 23.8 Å². The van der Waals surface area contributed by atoms with Crippen molar-refractivity contribution in [2.75, 3.05) is 27.9 Å². The lowest BCUT2D eigenvalue weighted by atomic mass is 9.85. The number of carboxylic acids is 1. The Morgan fingerprint density at radius 3 is 2.54 bits per heavy atom. The van der Waals surface area contributed by atoms with Crippen molar-refractivity contribution in [3.8, 4) is 0 Å². The van der Waals surface area contributed by atoms with Gasteiger partial charge in [-0.3, -0.25) is 4.79 Å². The van der Waals surface area contributed by atoms with Gasteiger partial charge in [0.25, 0.3) is 0 Å². The molecule has 0 aromatic carbocycles. The topological polar surface area (TPSA) is 85.3 Å². The van der Waals surface area contributed by atoms with E-state index in [1.165, 1.54) is 4.90 Å². The molecule has 0 radical (unpaired) electrons. The van der Waals surface area contributed by atoms with E-state index in [0.29, 0.717) is 37.3 Å². The molecule has 1 N–H and O–H groups in total. The Hall–Kier alpha value is -2.02. The summed E-state index contributed by atoms with van der Waals surface area (Å²) in [5.41, 5.74) is 0.886. The number of hydrogen-bond acceptors (Lipinski definition) is 5. The highest BCUT2D eigenvalue weighted by molar-refractivity contribution is 5.87.